The van der Waals surface area contributed by atoms with Crippen LogP contribution >= 0.6 is 0 Å². The molecule has 0 radical (unpaired) electrons. The highest BCUT2D eigenvalue weighted by Gasteiger charge is 2.48. The molecule has 5 rings (SSSR count). The van der Waals surface area contributed by atoms with Gasteiger partial charge in [-0.2, -0.15) is 5.10 Å². The minimum atomic E-state index is -1.08. The first-order valence-electron chi connectivity index (χ1n) is 13.5. The van der Waals surface area contributed by atoms with Crippen LogP contribution in [0.25, 0.3) is 11.3 Å². The van der Waals surface area contributed by atoms with Crippen LogP contribution in [0.15, 0.2) is 42.9 Å². The lowest BCUT2D eigenvalue weighted by Crippen LogP contribution is -2.50. The zero-order chi connectivity index (χ0) is 27.2. The van der Waals surface area contributed by atoms with Crippen molar-refractivity contribution in [2.24, 2.45) is 24.8 Å². The maximum atomic E-state index is 13.7. The standard InChI is InChI=1S/C29H38N6O3/c1-17(2)35-22(14-15-31-35)27(36)33-24(23(18-6-7-18)19-8-9-19)28(37)32-21-12-10-20(11-13-21)25-26(29(3,4)38)30-16-34(25)5/h10-19,23-24,38H,6-9H2,1-5H3,(H,32,37)(H,33,36). The van der Waals surface area contributed by atoms with E-state index in [1.54, 1.807) is 37.1 Å². The van der Waals surface area contributed by atoms with Gasteiger partial charge in [-0.1, -0.05) is 12.1 Å². The third-order valence-electron chi connectivity index (χ3n) is 7.62. The number of aliphatic hydroxyl groups is 1. The first-order chi connectivity index (χ1) is 18.0. The zero-order valence-electron chi connectivity index (χ0n) is 22.8. The molecular formula is C29H38N6O3. The molecule has 0 spiro atoms. The first-order valence-corrected chi connectivity index (χ1v) is 13.5. The summed E-state index contributed by atoms with van der Waals surface area (Å²) in [4.78, 5) is 31.4. The molecular weight excluding hydrogens is 480 g/mol. The second-order valence-electron chi connectivity index (χ2n) is 11.6. The van der Waals surface area contributed by atoms with Gasteiger partial charge in [-0.25, -0.2) is 4.98 Å². The maximum Gasteiger partial charge on any atom is 0.270 e. The van der Waals surface area contributed by atoms with Gasteiger partial charge in [-0.15, -0.1) is 0 Å². The Hall–Kier alpha value is -3.46. The average Bonchev–Trinajstić information content (AvgIpc) is 3.78. The van der Waals surface area contributed by atoms with Crippen LogP contribution in [0.3, 0.4) is 0 Å². The van der Waals surface area contributed by atoms with Crippen LogP contribution in [-0.2, 0) is 17.4 Å². The topological polar surface area (TPSA) is 114 Å². The Labute approximate surface area is 223 Å². The Balaban J connectivity index is 1.37. The molecule has 2 fully saturated rings. The number of imidazole rings is 1. The minimum absolute atomic E-state index is 0.0375. The van der Waals surface area contributed by atoms with Gasteiger partial charge in [-0.05, 0) is 89.3 Å². The highest BCUT2D eigenvalue weighted by Crippen LogP contribution is 2.51. The number of nitrogens with one attached hydrogen (secondary N) is 2. The summed E-state index contributed by atoms with van der Waals surface area (Å²) >= 11 is 0. The van der Waals surface area contributed by atoms with Gasteiger partial charge < -0.3 is 20.3 Å². The van der Waals surface area contributed by atoms with Crippen LogP contribution in [0.1, 0.15) is 75.6 Å². The fraction of sp³-hybridized carbons (Fsp3) is 0.517. The van der Waals surface area contributed by atoms with Gasteiger partial charge in [-0.3, -0.25) is 14.3 Å². The number of hydrogen-bond donors (Lipinski definition) is 3. The van der Waals surface area contributed by atoms with E-state index in [1.165, 1.54) is 0 Å². The number of aromatic nitrogens is 4. The van der Waals surface area contributed by atoms with Gasteiger partial charge in [0.05, 0.1) is 17.7 Å². The van der Waals surface area contributed by atoms with Crippen molar-refractivity contribution in [3.8, 4) is 11.3 Å². The van der Waals surface area contributed by atoms with Crippen molar-refractivity contribution in [1.29, 1.82) is 0 Å². The summed E-state index contributed by atoms with van der Waals surface area (Å²) in [6.07, 6.45) is 7.73. The number of benzene rings is 1. The van der Waals surface area contributed by atoms with E-state index in [9.17, 15) is 14.7 Å². The lowest BCUT2D eigenvalue weighted by atomic mass is 9.88. The molecule has 0 aliphatic heterocycles. The molecule has 1 aromatic carbocycles. The van der Waals surface area contributed by atoms with Gasteiger partial charge in [0.15, 0.2) is 0 Å². The highest BCUT2D eigenvalue weighted by atomic mass is 16.3. The molecule has 202 valence electrons. The summed E-state index contributed by atoms with van der Waals surface area (Å²) in [5.74, 6) is 0.621. The number of aryl methyl sites for hydroxylation is 1. The third kappa shape index (κ3) is 5.38. The van der Waals surface area contributed by atoms with Gasteiger partial charge in [0.1, 0.15) is 17.3 Å². The van der Waals surface area contributed by atoms with Crippen molar-refractivity contribution in [3.63, 3.8) is 0 Å². The minimum Gasteiger partial charge on any atom is -0.384 e. The quantitative estimate of drug-likeness (QED) is 0.371. The Morgan fingerprint density at radius 2 is 1.68 bits per heavy atom. The van der Waals surface area contributed by atoms with E-state index in [4.69, 9.17) is 0 Å². The van der Waals surface area contributed by atoms with Crippen molar-refractivity contribution in [2.75, 3.05) is 5.32 Å². The Bertz CT molecular complexity index is 1300. The van der Waals surface area contributed by atoms with E-state index in [0.717, 1.165) is 36.9 Å². The van der Waals surface area contributed by atoms with E-state index in [0.29, 0.717) is 28.9 Å². The number of anilines is 1. The maximum absolute atomic E-state index is 13.7. The smallest absolute Gasteiger partial charge is 0.270 e. The van der Waals surface area contributed by atoms with E-state index in [1.807, 2.05) is 49.7 Å². The predicted molar refractivity (Wildman–Crippen MR) is 145 cm³/mol. The van der Waals surface area contributed by atoms with Crippen LogP contribution in [0.2, 0.25) is 0 Å². The van der Waals surface area contributed by atoms with Crippen molar-refractivity contribution in [3.05, 3.63) is 54.2 Å². The second kappa shape index (κ2) is 10.0. The first kappa shape index (κ1) is 26.2. The SMILES string of the molecule is CC(C)n1nccc1C(=O)NC(C(=O)Nc1ccc(-c2c(C(C)(C)O)ncn2C)cc1)C(C1CC1)C1CC1. The molecule has 38 heavy (non-hydrogen) atoms. The number of nitrogens with zero attached hydrogens (tertiary/aromatic N) is 4. The van der Waals surface area contributed by atoms with Crippen molar-refractivity contribution in [2.45, 2.75) is 71.1 Å². The van der Waals surface area contributed by atoms with Gasteiger partial charge in [0, 0.05) is 30.5 Å². The summed E-state index contributed by atoms with van der Waals surface area (Å²) < 4.78 is 3.57. The van der Waals surface area contributed by atoms with Crippen LogP contribution in [-0.4, -0.2) is 42.3 Å². The summed E-state index contributed by atoms with van der Waals surface area (Å²) in [7, 11) is 1.89. The Morgan fingerprint density at radius 1 is 1.05 bits per heavy atom. The predicted octanol–water partition coefficient (Wildman–Crippen LogP) is 4.27. The fourth-order valence-electron chi connectivity index (χ4n) is 5.50. The Kier molecular flexibility index (Phi) is 6.90. The summed E-state index contributed by atoms with van der Waals surface area (Å²) in [5.41, 5.74) is 2.34. The molecule has 3 N–H and O–H groups in total. The lowest BCUT2D eigenvalue weighted by molar-refractivity contribution is -0.119. The molecule has 2 amide bonds. The largest absolute Gasteiger partial charge is 0.384 e. The molecule has 2 heterocycles. The molecule has 3 aromatic rings. The van der Waals surface area contributed by atoms with Crippen LogP contribution in [0.5, 0.6) is 0 Å². The van der Waals surface area contributed by atoms with Crippen LogP contribution < -0.4 is 10.6 Å². The second-order valence-corrected chi connectivity index (χ2v) is 11.6. The molecule has 2 aliphatic rings. The van der Waals surface area contributed by atoms with E-state index < -0.39 is 11.6 Å². The molecule has 2 aliphatic carbocycles. The zero-order valence-corrected chi connectivity index (χ0v) is 22.8. The number of carbonyl (C=O) groups excluding carboxylic acids is 2. The molecule has 1 atom stereocenters. The molecule has 0 saturated heterocycles. The summed E-state index contributed by atoms with van der Waals surface area (Å²) in [6, 6.07) is 8.65. The number of carbonyl (C=O) groups is 2. The van der Waals surface area contributed by atoms with E-state index in [2.05, 4.69) is 20.7 Å². The molecule has 9 nitrogen and oxygen atoms in total. The number of amides is 2. The van der Waals surface area contributed by atoms with E-state index in [-0.39, 0.29) is 23.8 Å². The monoisotopic (exact) mass is 518 g/mol. The molecule has 0 bridgehead atoms. The van der Waals surface area contributed by atoms with Crippen molar-refractivity contribution in [1.82, 2.24) is 24.6 Å². The van der Waals surface area contributed by atoms with Crippen molar-refractivity contribution >= 4 is 17.5 Å². The van der Waals surface area contributed by atoms with Gasteiger partial charge in [0.2, 0.25) is 5.91 Å². The Morgan fingerprint density at radius 3 is 2.24 bits per heavy atom. The van der Waals surface area contributed by atoms with Crippen LogP contribution in [0.4, 0.5) is 5.69 Å². The van der Waals surface area contributed by atoms with Crippen LogP contribution in [0, 0.1) is 17.8 Å². The summed E-state index contributed by atoms with van der Waals surface area (Å²) in [5, 5.41) is 21.0. The third-order valence-corrected chi connectivity index (χ3v) is 7.62. The normalized spacial score (nSPS) is 16.6. The number of rotatable bonds is 10. The molecule has 2 aromatic heterocycles. The fourth-order valence-corrected chi connectivity index (χ4v) is 5.50. The summed E-state index contributed by atoms with van der Waals surface area (Å²) in [6.45, 7) is 7.38. The lowest BCUT2D eigenvalue weighted by Gasteiger charge is -2.28. The molecule has 1 unspecified atom stereocenters. The van der Waals surface area contributed by atoms with Gasteiger partial charge in [0.25, 0.3) is 5.91 Å². The number of hydrogen-bond acceptors (Lipinski definition) is 5. The highest BCUT2D eigenvalue weighted by molar-refractivity contribution is 6.01. The average molecular weight is 519 g/mol. The molecule has 2 saturated carbocycles. The van der Waals surface area contributed by atoms with Crippen molar-refractivity contribution < 1.29 is 14.7 Å². The molecule has 9 heteroatoms. The van der Waals surface area contributed by atoms with E-state index >= 15 is 0 Å². The van der Waals surface area contributed by atoms with Gasteiger partial charge >= 0.3 is 0 Å².